The minimum Gasteiger partial charge on any atom is -0.553 e. The summed E-state index contributed by atoms with van der Waals surface area (Å²) in [6.07, 6.45) is 2.35. The van der Waals surface area contributed by atoms with Crippen molar-refractivity contribution in [1.29, 1.82) is 0 Å². The van der Waals surface area contributed by atoms with Crippen LogP contribution in [0, 0.1) is 6.92 Å². The average molecular weight is 293 g/mol. The summed E-state index contributed by atoms with van der Waals surface area (Å²) in [6.45, 7) is 10.6. The van der Waals surface area contributed by atoms with E-state index in [9.17, 15) is 0 Å². The third-order valence-corrected chi connectivity index (χ3v) is 8.64. The van der Waals surface area contributed by atoms with Crippen LogP contribution in [0.3, 0.4) is 0 Å². The maximum Gasteiger partial charge on any atom is 0.249 e. The number of benzene rings is 1. The van der Waals surface area contributed by atoms with Gasteiger partial charge in [0.1, 0.15) is 5.75 Å². The van der Waals surface area contributed by atoms with Crippen molar-refractivity contribution >= 4 is 24.0 Å². The monoisotopic (exact) mass is 292 g/mol. The molecule has 1 atom stereocenters. The van der Waals surface area contributed by atoms with Crippen molar-refractivity contribution in [1.82, 2.24) is 0 Å². The highest BCUT2D eigenvalue weighted by Crippen LogP contribution is 2.34. The third-order valence-electron chi connectivity index (χ3n) is 4.08. The van der Waals surface area contributed by atoms with Gasteiger partial charge >= 0.3 is 0 Å². The van der Waals surface area contributed by atoms with E-state index in [1.165, 1.54) is 17.2 Å². The average Bonchev–Trinajstić information content (AvgIpc) is 2.37. The predicted octanol–water partition coefficient (Wildman–Crippen LogP) is 2.12. The summed E-state index contributed by atoms with van der Waals surface area (Å²) in [6, 6.07) is 7.46. The zero-order valence-corrected chi connectivity index (χ0v) is 15.5. The lowest BCUT2D eigenvalue weighted by atomic mass is 10.0. The van der Waals surface area contributed by atoms with Crippen LogP contribution >= 0.6 is 0 Å². The highest BCUT2D eigenvalue weighted by molar-refractivity contribution is 6.91. The van der Waals surface area contributed by atoms with Crippen molar-refractivity contribution in [2.45, 2.75) is 45.3 Å². The zero-order valence-electron chi connectivity index (χ0n) is 12.5. The van der Waals surface area contributed by atoms with Gasteiger partial charge < -0.3 is 8.85 Å². The lowest BCUT2D eigenvalue weighted by molar-refractivity contribution is 0.0768. The first kappa shape index (κ1) is 14.6. The van der Waals surface area contributed by atoms with E-state index in [-0.39, 0.29) is 5.60 Å². The Morgan fingerprint density at radius 1 is 1.47 bits per heavy atom. The summed E-state index contributed by atoms with van der Waals surface area (Å²) in [5, 5.41) is 1.34. The molecule has 1 aromatic rings. The molecule has 4 heteroatoms. The SMILES string of the molecule is C=C[Si]1(c2cccc(O[SiH3])c2C)CCCC(C)(C)O1. The Bertz CT molecular complexity index is 485. The molecule has 0 saturated carbocycles. The van der Waals surface area contributed by atoms with Gasteiger partial charge in [-0.1, -0.05) is 24.3 Å². The molecule has 2 rings (SSSR count). The van der Waals surface area contributed by atoms with E-state index in [0.717, 1.165) is 28.7 Å². The molecule has 1 fully saturated rings. The second kappa shape index (κ2) is 5.27. The fourth-order valence-electron chi connectivity index (χ4n) is 3.11. The van der Waals surface area contributed by atoms with E-state index in [2.05, 4.69) is 45.2 Å². The normalized spacial score (nSPS) is 26.1. The second-order valence-corrected chi connectivity index (χ2v) is 9.78. The van der Waals surface area contributed by atoms with Crippen molar-refractivity contribution < 1.29 is 8.85 Å². The van der Waals surface area contributed by atoms with Gasteiger partial charge in [-0.05, 0) is 50.1 Å². The van der Waals surface area contributed by atoms with Crippen LogP contribution < -0.4 is 9.61 Å². The largest absolute Gasteiger partial charge is 0.553 e. The van der Waals surface area contributed by atoms with Gasteiger partial charge in [0.25, 0.3) is 0 Å². The van der Waals surface area contributed by atoms with Gasteiger partial charge in [-0.15, -0.1) is 6.58 Å². The van der Waals surface area contributed by atoms with E-state index in [4.69, 9.17) is 8.85 Å². The van der Waals surface area contributed by atoms with Crippen molar-refractivity contribution in [2.75, 3.05) is 0 Å². The standard InChI is InChI=1S/C15H24O2Si2/c1-5-19(11-7-10-15(3,4)17-19)14-9-6-8-13(16-18)12(14)2/h5-6,8-9H,1,7,10-11H2,2-4,18H3. The molecule has 0 N–H and O–H groups in total. The van der Waals surface area contributed by atoms with Crippen molar-refractivity contribution in [3.05, 3.63) is 36.0 Å². The Kier molecular flexibility index (Phi) is 4.04. The topological polar surface area (TPSA) is 18.5 Å². The van der Waals surface area contributed by atoms with Crippen LogP contribution in [0.1, 0.15) is 32.3 Å². The zero-order chi connectivity index (χ0) is 14.1. The summed E-state index contributed by atoms with van der Waals surface area (Å²) < 4.78 is 12.1. The summed E-state index contributed by atoms with van der Waals surface area (Å²) in [5.74, 6) is 1.00. The molecule has 0 aliphatic carbocycles. The molecule has 1 aromatic carbocycles. The highest BCUT2D eigenvalue weighted by atomic mass is 28.4. The maximum absolute atomic E-state index is 6.55. The molecule has 0 bridgehead atoms. The molecule has 0 amide bonds. The fourth-order valence-corrected chi connectivity index (χ4v) is 7.47. The summed E-state index contributed by atoms with van der Waals surface area (Å²) >= 11 is 0. The Hall–Kier alpha value is -0.846. The molecule has 19 heavy (non-hydrogen) atoms. The molecule has 0 aromatic heterocycles. The van der Waals surface area contributed by atoms with Crippen molar-refractivity contribution in [3.63, 3.8) is 0 Å². The van der Waals surface area contributed by atoms with Crippen LogP contribution in [0.25, 0.3) is 0 Å². The molecule has 0 radical (unpaired) electrons. The van der Waals surface area contributed by atoms with Gasteiger partial charge in [-0.25, -0.2) is 0 Å². The summed E-state index contributed by atoms with van der Waals surface area (Å²) in [4.78, 5) is 0. The van der Waals surface area contributed by atoms with Crippen molar-refractivity contribution in [3.8, 4) is 5.75 Å². The van der Waals surface area contributed by atoms with Crippen molar-refractivity contribution in [2.24, 2.45) is 0 Å². The molecular weight excluding hydrogens is 268 g/mol. The van der Waals surface area contributed by atoms with Crippen LogP contribution in [0.2, 0.25) is 6.04 Å². The minimum atomic E-state index is -2.06. The molecule has 1 aliphatic rings. The second-order valence-electron chi connectivity index (χ2n) is 5.94. The molecule has 2 nitrogen and oxygen atoms in total. The van der Waals surface area contributed by atoms with Crippen LogP contribution in [0.5, 0.6) is 5.75 Å². The lowest BCUT2D eigenvalue weighted by Crippen LogP contribution is -2.57. The molecule has 1 heterocycles. The third kappa shape index (κ3) is 2.71. The first-order valence-corrected chi connectivity index (χ1v) is 9.93. The van der Waals surface area contributed by atoms with E-state index >= 15 is 0 Å². The minimum absolute atomic E-state index is 0.0388. The molecule has 0 spiro atoms. The van der Waals surface area contributed by atoms with Crippen LogP contribution in [0.15, 0.2) is 30.5 Å². The Morgan fingerprint density at radius 2 is 2.21 bits per heavy atom. The molecule has 1 saturated heterocycles. The van der Waals surface area contributed by atoms with Crippen LogP contribution in [0.4, 0.5) is 0 Å². The maximum atomic E-state index is 6.55. The Morgan fingerprint density at radius 3 is 2.79 bits per heavy atom. The van der Waals surface area contributed by atoms with E-state index < -0.39 is 8.32 Å². The molecule has 1 aliphatic heterocycles. The Balaban J connectivity index is 2.50. The van der Waals surface area contributed by atoms with Gasteiger partial charge in [0.2, 0.25) is 18.8 Å². The first-order valence-electron chi connectivity index (χ1n) is 6.92. The Labute approximate surface area is 120 Å². The van der Waals surface area contributed by atoms with E-state index in [1.807, 2.05) is 6.07 Å². The predicted molar refractivity (Wildman–Crippen MR) is 86.5 cm³/mol. The highest BCUT2D eigenvalue weighted by Gasteiger charge is 2.43. The summed E-state index contributed by atoms with van der Waals surface area (Å²) in [7, 11) is -1.34. The smallest absolute Gasteiger partial charge is 0.249 e. The lowest BCUT2D eigenvalue weighted by Gasteiger charge is -2.43. The van der Waals surface area contributed by atoms with Gasteiger partial charge in [-0.3, -0.25) is 0 Å². The number of hydrogen-bond donors (Lipinski definition) is 0. The molecular formula is C15H24O2Si2. The number of rotatable bonds is 3. The van der Waals surface area contributed by atoms with Gasteiger partial charge in [0.15, 0.2) is 0 Å². The number of hydrogen-bond acceptors (Lipinski definition) is 2. The first-order chi connectivity index (χ1) is 8.94. The van der Waals surface area contributed by atoms with Gasteiger partial charge in [0, 0.05) is 0 Å². The molecule has 104 valence electrons. The van der Waals surface area contributed by atoms with Gasteiger partial charge in [-0.2, -0.15) is 0 Å². The van der Waals surface area contributed by atoms with E-state index in [1.54, 1.807) is 0 Å². The van der Waals surface area contributed by atoms with E-state index in [0.29, 0.717) is 0 Å². The molecule has 1 unspecified atom stereocenters. The van der Waals surface area contributed by atoms with Crippen LogP contribution in [-0.2, 0) is 4.43 Å². The quantitative estimate of drug-likeness (QED) is 0.795. The summed E-state index contributed by atoms with van der Waals surface area (Å²) in [5.41, 5.74) is 3.30. The fraction of sp³-hybridized carbons (Fsp3) is 0.467. The van der Waals surface area contributed by atoms with Gasteiger partial charge in [0.05, 0.1) is 5.60 Å². The van der Waals surface area contributed by atoms with Crippen LogP contribution in [-0.4, -0.2) is 24.4 Å².